The summed E-state index contributed by atoms with van der Waals surface area (Å²) in [5, 5.41) is 0. The lowest BCUT2D eigenvalue weighted by Crippen LogP contribution is -2.47. The zero-order valence-corrected chi connectivity index (χ0v) is 21.6. The first-order valence-corrected chi connectivity index (χ1v) is 12.4. The van der Waals surface area contributed by atoms with Crippen molar-refractivity contribution in [1.82, 2.24) is 9.97 Å². The summed E-state index contributed by atoms with van der Waals surface area (Å²) in [6, 6.07) is 10.6. The number of hydrogen-bond acceptors (Lipinski definition) is 8. The van der Waals surface area contributed by atoms with Crippen molar-refractivity contribution in [2.45, 2.75) is 25.7 Å². The lowest BCUT2D eigenvalue weighted by molar-refractivity contribution is 0.0961. The number of rotatable bonds is 6. The second-order valence-electron chi connectivity index (χ2n) is 9.34. The van der Waals surface area contributed by atoms with Gasteiger partial charge in [0, 0.05) is 32.6 Å². The normalized spacial score (nSPS) is 17.4. The number of nitrogens with zero attached hydrogens (tertiary/aromatic N) is 4. The Balaban J connectivity index is 1.40. The molecule has 8 nitrogen and oxygen atoms in total. The molecule has 2 heterocycles. The number of aryl methyl sites for hydroxylation is 1. The Morgan fingerprint density at radius 1 is 0.892 bits per heavy atom. The van der Waals surface area contributed by atoms with Crippen molar-refractivity contribution in [3.05, 3.63) is 64.7 Å². The number of piperazine rings is 1. The lowest BCUT2D eigenvalue weighted by Gasteiger charge is -2.36. The second-order valence-corrected chi connectivity index (χ2v) is 9.34. The van der Waals surface area contributed by atoms with Gasteiger partial charge in [-0.3, -0.25) is 4.79 Å². The van der Waals surface area contributed by atoms with Crippen LogP contribution in [0.4, 0.5) is 16.0 Å². The Labute approximate surface area is 216 Å². The first-order chi connectivity index (χ1) is 17.9. The van der Waals surface area contributed by atoms with Gasteiger partial charge in [-0.25, -0.2) is 14.4 Å². The predicted molar refractivity (Wildman–Crippen MR) is 139 cm³/mol. The van der Waals surface area contributed by atoms with Gasteiger partial charge in [-0.05, 0) is 49.1 Å². The maximum atomic E-state index is 14.3. The molecule has 0 spiro atoms. The van der Waals surface area contributed by atoms with E-state index in [1.807, 2.05) is 30.0 Å². The Morgan fingerprint density at radius 2 is 1.54 bits per heavy atom. The fraction of sp³-hybridized carbons (Fsp3) is 0.393. The highest BCUT2D eigenvalue weighted by Crippen LogP contribution is 2.43. The molecule has 1 fully saturated rings. The van der Waals surface area contributed by atoms with Gasteiger partial charge in [-0.1, -0.05) is 12.1 Å². The van der Waals surface area contributed by atoms with Gasteiger partial charge in [0.1, 0.15) is 5.82 Å². The van der Waals surface area contributed by atoms with Gasteiger partial charge >= 0.3 is 0 Å². The number of halogens is 1. The molecule has 9 heteroatoms. The van der Waals surface area contributed by atoms with Crippen molar-refractivity contribution in [1.29, 1.82) is 0 Å². The van der Waals surface area contributed by atoms with Gasteiger partial charge in [-0.15, -0.1) is 0 Å². The lowest BCUT2D eigenvalue weighted by atomic mass is 9.81. The average molecular weight is 507 g/mol. The molecule has 0 amide bonds. The van der Waals surface area contributed by atoms with Crippen LogP contribution in [0.1, 0.15) is 39.6 Å². The van der Waals surface area contributed by atoms with Crippen LogP contribution >= 0.6 is 0 Å². The zero-order valence-electron chi connectivity index (χ0n) is 21.6. The Hall–Kier alpha value is -3.88. The van der Waals surface area contributed by atoms with Crippen molar-refractivity contribution in [3.8, 4) is 17.2 Å². The molecule has 1 atom stereocenters. The SMILES string of the molecule is COc1cc(C2CC(=O)c3c(C)nc(N4CCN(c5ccccc5F)CC4)nc3C2)cc(OC)c1OC. The highest BCUT2D eigenvalue weighted by molar-refractivity contribution is 5.99. The van der Waals surface area contributed by atoms with Crippen LogP contribution in [0, 0.1) is 12.7 Å². The van der Waals surface area contributed by atoms with Gasteiger partial charge in [0.25, 0.3) is 0 Å². The van der Waals surface area contributed by atoms with Crippen LogP contribution < -0.4 is 24.0 Å². The third-order valence-corrected chi connectivity index (χ3v) is 7.22. The van der Waals surface area contributed by atoms with Gasteiger partial charge in [0.2, 0.25) is 11.7 Å². The van der Waals surface area contributed by atoms with E-state index in [1.165, 1.54) is 6.07 Å². The summed E-state index contributed by atoms with van der Waals surface area (Å²) in [6.45, 7) is 4.52. The number of methoxy groups -OCH3 is 3. The minimum Gasteiger partial charge on any atom is -0.493 e. The van der Waals surface area contributed by atoms with E-state index >= 15 is 0 Å². The van der Waals surface area contributed by atoms with Crippen LogP contribution in [0.3, 0.4) is 0 Å². The van der Waals surface area contributed by atoms with E-state index in [0.717, 1.165) is 11.3 Å². The standard InChI is InChI=1S/C28H31FN4O4/c1-17-26-21(13-18(14-23(26)34)19-15-24(35-2)27(37-4)25(16-19)36-3)31-28(30-17)33-11-9-32(10-12-33)22-8-6-5-7-20(22)29/h5-8,15-16,18H,9-14H2,1-4H3. The molecule has 2 aliphatic rings. The number of Topliss-reactive ketones (excluding diaryl/α,β-unsaturated/α-hetero) is 1. The maximum absolute atomic E-state index is 14.3. The average Bonchev–Trinajstić information content (AvgIpc) is 2.92. The summed E-state index contributed by atoms with van der Waals surface area (Å²) in [5.41, 5.74) is 3.63. The molecule has 3 aromatic rings. The third kappa shape index (κ3) is 4.65. The number of ether oxygens (including phenoxy) is 3. The summed E-state index contributed by atoms with van der Waals surface area (Å²) in [7, 11) is 4.73. The van der Waals surface area contributed by atoms with Crippen molar-refractivity contribution in [2.75, 3.05) is 57.3 Å². The van der Waals surface area contributed by atoms with Crippen LogP contribution in [-0.4, -0.2) is 63.3 Å². The molecule has 5 rings (SSSR count). The molecule has 1 aliphatic carbocycles. The number of hydrogen-bond donors (Lipinski definition) is 0. The topological polar surface area (TPSA) is 77.0 Å². The van der Waals surface area contributed by atoms with E-state index < -0.39 is 0 Å². The van der Waals surface area contributed by atoms with E-state index in [4.69, 9.17) is 24.2 Å². The van der Waals surface area contributed by atoms with Crippen molar-refractivity contribution >= 4 is 17.4 Å². The van der Waals surface area contributed by atoms with Crippen molar-refractivity contribution in [2.24, 2.45) is 0 Å². The van der Waals surface area contributed by atoms with E-state index in [9.17, 15) is 9.18 Å². The first kappa shape index (κ1) is 24.8. The number of para-hydroxylation sites is 1. The molecule has 194 valence electrons. The minimum atomic E-state index is -0.215. The molecule has 2 aromatic carbocycles. The Bertz CT molecular complexity index is 1300. The fourth-order valence-corrected chi connectivity index (χ4v) is 5.33. The number of benzene rings is 2. The van der Waals surface area contributed by atoms with Crippen LogP contribution in [0.5, 0.6) is 17.2 Å². The monoisotopic (exact) mass is 506 g/mol. The van der Waals surface area contributed by atoms with Gasteiger partial charge in [0.05, 0.1) is 44.0 Å². The van der Waals surface area contributed by atoms with Crippen molar-refractivity contribution < 1.29 is 23.4 Å². The highest BCUT2D eigenvalue weighted by Gasteiger charge is 2.32. The van der Waals surface area contributed by atoms with Gasteiger partial charge < -0.3 is 24.0 Å². The van der Waals surface area contributed by atoms with Gasteiger partial charge in [-0.2, -0.15) is 0 Å². The molecular formula is C28H31FN4O4. The summed E-state index contributed by atoms with van der Waals surface area (Å²) >= 11 is 0. The number of ketones is 1. The summed E-state index contributed by atoms with van der Waals surface area (Å²) in [4.78, 5) is 26.9. The van der Waals surface area contributed by atoms with Crippen LogP contribution in [0.25, 0.3) is 0 Å². The Morgan fingerprint density at radius 3 is 2.16 bits per heavy atom. The number of carbonyl (C=O) groups is 1. The molecule has 1 aromatic heterocycles. The quantitative estimate of drug-likeness (QED) is 0.493. The number of fused-ring (bicyclic) bond motifs is 1. The third-order valence-electron chi connectivity index (χ3n) is 7.22. The molecule has 1 saturated heterocycles. The number of aromatic nitrogens is 2. The maximum Gasteiger partial charge on any atom is 0.225 e. The largest absolute Gasteiger partial charge is 0.493 e. The summed E-state index contributed by atoms with van der Waals surface area (Å²) in [5.74, 6) is 1.99. The number of carbonyl (C=O) groups excluding carboxylic acids is 1. The predicted octanol–water partition coefficient (Wildman–Crippen LogP) is 4.19. The smallest absolute Gasteiger partial charge is 0.225 e. The van der Waals surface area contributed by atoms with E-state index in [2.05, 4.69) is 4.90 Å². The fourth-order valence-electron chi connectivity index (χ4n) is 5.33. The first-order valence-electron chi connectivity index (χ1n) is 12.4. The van der Waals surface area contributed by atoms with E-state index in [1.54, 1.807) is 33.5 Å². The zero-order chi connectivity index (χ0) is 26.1. The van der Waals surface area contributed by atoms with Gasteiger partial charge in [0.15, 0.2) is 17.3 Å². The molecule has 37 heavy (non-hydrogen) atoms. The Kier molecular flexibility index (Phi) is 6.86. The van der Waals surface area contributed by atoms with Crippen molar-refractivity contribution in [3.63, 3.8) is 0 Å². The molecule has 0 N–H and O–H groups in total. The molecular weight excluding hydrogens is 475 g/mol. The number of anilines is 2. The molecule has 0 bridgehead atoms. The molecule has 1 aliphatic heterocycles. The second kappa shape index (κ2) is 10.2. The van der Waals surface area contributed by atoms with Crippen LogP contribution in [0.2, 0.25) is 0 Å². The molecule has 1 unspecified atom stereocenters. The van der Waals surface area contributed by atoms with Crippen LogP contribution in [-0.2, 0) is 6.42 Å². The summed E-state index contributed by atoms with van der Waals surface area (Å²) < 4.78 is 30.7. The van der Waals surface area contributed by atoms with Crippen LogP contribution in [0.15, 0.2) is 36.4 Å². The molecule has 0 radical (unpaired) electrons. The molecule has 0 saturated carbocycles. The summed E-state index contributed by atoms with van der Waals surface area (Å²) in [6.07, 6.45) is 0.960. The van der Waals surface area contributed by atoms with E-state index in [-0.39, 0.29) is 17.5 Å². The minimum absolute atomic E-state index is 0.0356. The highest BCUT2D eigenvalue weighted by atomic mass is 19.1. The van der Waals surface area contributed by atoms with E-state index in [0.29, 0.717) is 79.2 Å².